The first kappa shape index (κ1) is 18.4. The van der Waals surface area contributed by atoms with E-state index in [1.165, 1.54) is 0 Å². The Labute approximate surface area is 165 Å². The van der Waals surface area contributed by atoms with Crippen LogP contribution >= 0.6 is 11.3 Å². The lowest BCUT2D eigenvalue weighted by atomic mass is 9.89. The Kier molecular flexibility index (Phi) is 5.21. The Balaban J connectivity index is 1.39. The zero-order valence-corrected chi connectivity index (χ0v) is 15.8. The smallest absolute Gasteiger partial charge is 0.308 e. The quantitative estimate of drug-likeness (QED) is 0.687. The summed E-state index contributed by atoms with van der Waals surface area (Å²) in [6.45, 7) is 0.627. The number of carbonyl (C=O) groups is 2. The van der Waals surface area contributed by atoms with E-state index in [-0.39, 0.29) is 24.8 Å². The van der Waals surface area contributed by atoms with Crippen molar-refractivity contribution in [2.45, 2.75) is 18.8 Å². The van der Waals surface area contributed by atoms with Gasteiger partial charge in [0.2, 0.25) is 17.6 Å². The summed E-state index contributed by atoms with van der Waals surface area (Å²) in [5.41, 5.74) is 1.84. The Morgan fingerprint density at radius 1 is 1.21 bits per heavy atom. The molecule has 0 saturated carbocycles. The van der Waals surface area contributed by atoms with Gasteiger partial charge in [-0.05, 0) is 17.0 Å². The maximum atomic E-state index is 12.6. The van der Waals surface area contributed by atoms with Crippen LogP contribution in [-0.2, 0) is 16.0 Å². The summed E-state index contributed by atoms with van der Waals surface area (Å²) >= 11 is 1.55. The minimum absolute atomic E-state index is 0.0973. The summed E-state index contributed by atoms with van der Waals surface area (Å²) in [7, 11) is 0. The fraction of sp³-hybridized carbons (Fsp3) is 0.300. The van der Waals surface area contributed by atoms with Crippen molar-refractivity contribution in [2.24, 2.45) is 5.92 Å². The number of thiophene rings is 1. The number of hydrogen-bond acceptors (Lipinski definition) is 6. The molecule has 1 saturated heterocycles. The van der Waals surface area contributed by atoms with Crippen molar-refractivity contribution in [2.75, 3.05) is 13.1 Å². The lowest BCUT2D eigenvalue weighted by Crippen LogP contribution is -2.30. The fourth-order valence-electron chi connectivity index (χ4n) is 3.53. The monoisotopic (exact) mass is 397 g/mol. The van der Waals surface area contributed by atoms with Crippen LogP contribution in [0.3, 0.4) is 0 Å². The van der Waals surface area contributed by atoms with E-state index in [1.54, 1.807) is 16.2 Å². The normalized spacial score (nSPS) is 19.1. The third-order valence-corrected chi connectivity index (χ3v) is 5.70. The lowest BCUT2D eigenvalue weighted by molar-refractivity contribution is -0.141. The Bertz CT molecular complexity index is 955. The minimum atomic E-state index is -0.874. The molecule has 0 unspecified atom stereocenters. The highest BCUT2D eigenvalue weighted by molar-refractivity contribution is 7.08. The molecule has 1 aliphatic rings. The summed E-state index contributed by atoms with van der Waals surface area (Å²) in [4.78, 5) is 30.3. The summed E-state index contributed by atoms with van der Waals surface area (Å²) in [5.74, 6) is -0.847. The number of nitrogens with zero attached hydrogens (tertiary/aromatic N) is 3. The fourth-order valence-corrected chi connectivity index (χ4v) is 4.17. The maximum absolute atomic E-state index is 12.6. The van der Waals surface area contributed by atoms with Crippen molar-refractivity contribution < 1.29 is 19.2 Å². The zero-order valence-electron chi connectivity index (χ0n) is 15.0. The van der Waals surface area contributed by atoms with Crippen molar-refractivity contribution in [3.63, 3.8) is 0 Å². The number of aromatic nitrogens is 2. The van der Waals surface area contributed by atoms with Crippen LogP contribution in [0, 0.1) is 5.92 Å². The number of carboxylic acid groups (broad SMARTS) is 1. The summed E-state index contributed by atoms with van der Waals surface area (Å²) in [6.07, 6.45) is 0.541. The molecule has 1 N–H and O–H groups in total. The van der Waals surface area contributed by atoms with Crippen LogP contribution < -0.4 is 0 Å². The van der Waals surface area contributed by atoms with Crippen LogP contribution in [-0.4, -0.2) is 45.1 Å². The summed E-state index contributed by atoms with van der Waals surface area (Å²) < 4.78 is 5.23. The van der Waals surface area contributed by atoms with Crippen LogP contribution in [0.5, 0.6) is 0 Å². The van der Waals surface area contributed by atoms with Crippen LogP contribution in [0.4, 0.5) is 0 Å². The second kappa shape index (κ2) is 7.93. The molecule has 3 aromatic rings. The van der Waals surface area contributed by atoms with Gasteiger partial charge in [0.1, 0.15) is 0 Å². The van der Waals surface area contributed by atoms with Crippen LogP contribution in [0.25, 0.3) is 11.4 Å². The van der Waals surface area contributed by atoms with E-state index in [2.05, 4.69) is 10.1 Å². The number of amides is 1. The molecule has 0 bridgehead atoms. The molecule has 0 spiro atoms. The molecule has 0 radical (unpaired) electrons. The average molecular weight is 397 g/mol. The van der Waals surface area contributed by atoms with Gasteiger partial charge in [-0.3, -0.25) is 9.59 Å². The number of carboxylic acids is 1. The van der Waals surface area contributed by atoms with E-state index in [0.29, 0.717) is 24.7 Å². The largest absolute Gasteiger partial charge is 0.481 e. The van der Waals surface area contributed by atoms with Crippen LogP contribution in [0.15, 0.2) is 51.7 Å². The maximum Gasteiger partial charge on any atom is 0.308 e. The lowest BCUT2D eigenvalue weighted by Gasteiger charge is -2.16. The molecule has 144 valence electrons. The highest BCUT2D eigenvalue weighted by atomic mass is 32.1. The van der Waals surface area contributed by atoms with E-state index in [0.717, 1.165) is 11.1 Å². The molecule has 3 heterocycles. The van der Waals surface area contributed by atoms with Crippen LogP contribution in [0.1, 0.15) is 23.8 Å². The molecular formula is C20H19N3O4S. The number of aryl methyl sites for hydroxylation is 1. The third-order valence-electron chi connectivity index (χ3n) is 5.02. The van der Waals surface area contributed by atoms with Crippen molar-refractivity contribution in [3.05, 3.63) is 58.6 Å². The molecule has 8 heteroatoms. The highest BCUT2D eigenvalue weighted by Gasteiger charge is 2.40. The van der Waals surface area contributed by atoms with Crippen molar-refractivity contribution in [1.29, 1.82) is 0 Å². The van der Waals surface area contributed by atoms with Crippen molar-refractivity contribution in [3.8, 4) is 11.4 Å². The molecule has 2 atom stereocenters. The van der Waals surface area contributed by atoms with Gasteiger partial charge in [0.05, 0.1) is 5.92 Å². The predicted octanol–water partition coefficient (Wildman–Crippen LogP) is 3.06. The van der Waals surface area contributed by atoms with Gasteiger partial charge < -0.3 is 14.5 Å². The number of aliphatic carboxylic acids is 1. The number of carbonyl (C=O) groups excluding carboxylic acids is 1. The van der Waals surface area contributed by atoms with E-state index in [4.69, 9.17) is 4.52 Å². The van der Waals surface area contributed by atoms with Crippen LogP contribution in [0.2, 0.25) is 0 Å². The third kappa shape index (κ3) is 3.82. The van der Waals surface area contributed by atoms with E-state index >= 15 is 0 Å². The summed E-state index contributed by atoms with van der Waals surface area (Å²) in [5, 5.41) is 17.4. The first-order chi connectivity index (χ1) is 13.6. The van der Waals surface area contributed by atoms with Gasteiger partial charge >= 0.3 is 5.97 Å². The minimum Gasteiger partial charge on any atom is -0.481 e. The van der Waals surface area contributed by atoms with Gasteiger partial charge in [-0.15, -0.1) is 0 Å². The van der Waals surface area contributed by atoms with E-state index in [9.17, 15) is 14.7 Å². The van der Waals surface area contributed by atoms with Gasteiger partial charge in [-0.2, -0.15) is 16.3 Å². The molecule has 0 aliphatic carbocycles. The van der Waals surface area contributed by atoms with Gasteiger partial charge in [0, 0.05) is 42.8 Å². The standard InChI is InChI=1S/C20H19N3O4S/c24-18(7-6-17-21-19(22-27-17)14-8-9-28-12-14)23-10-15(16(11-23)20(25)26)13-4-2-1-3-5-13/h1-5,8-9,12,15-16H,6-7,10-11H2,(H,25,26)/t15-,16-/m1/s1. The van der Waals surface area contributed by atoms with Gasteiger partial charge in [0.15, 0.2) is 0 Å². The molecule has 28 heavy (non-hydrogen) atoms. The average Bonchev–Trinajstić information content (AvgIpc) is 3.46. The zero-order chi connectivity index (χ0) is 19.5. The Hall–Kier alpha value is -3.00. The Morgan fingerprint density at radius 3 is 2.75 bits per heavy atom. The number of rotatable bonds is 6. The topological polar surface area (TPSA) is 96.5 Å². The molecule has 1 fully saturated rings. The molecule has 4 rings (SSSR count). The number of benzene rings is 1. The van der Waals surface area contributed by atoms with Gasteiger partial charge in [-0.1, -0.05) is 35.5 Å². The summed E-state index contributed by atoms with van der Waals surface area (Å²) in [6, 6.07) is 11.4. The van der Waals surface area contributed by atoms with E-state index < -0.39 is 11.9 Å². The van der Waals surface area contributed by atoms with Gasteiger partial charge in [0.25, 0.3) is 0 Å². The first-order valence-electron chi connectivity index (χ1n) is 9.02. The van der Waals surface area contributed by atoms with Crippen molar-refractivity contribution in [1.82, 2.24) is 15.0 Å². The molecule has 2 aromatic heterocycles. The Morgan fingerprint density at radius 2 is 2.04 bits per heavy atom. The first-order valence-corrected chi connectivity index (χ1v) is 9.97. The number of hydrogen-bond donors (Lipinski definition) is 1. The molecular weight excluding hydrogens is 378 g/mol. The predicted molar refractivity (Wildman–Crippen MR) is 103 cm³/mol. The second-order valence-corrected chi connectivity index (χ2v) is 7.56. The van der Waals surface area contributed by atoms with E-state index in [1.807, 2.05) is 47.2 Å². The molecule has 1 aromatic carbocycles. The number of likely N-dealkylation sites (tertiary alicyclic amines) is 1. The van der Waals surface area contributed by atoms with Crippen molar-refractivity contribution >= 4 is 23.2 Å². The van der Waals surface area contributed by atoms with Gasteiger partial charge in [-0.25, -0.2) is 0 Å². The molecule has 1 aliphatic heterocycles. The molecule has 1 amide bonds. The molecule has 7 nitrogen and oxygen atoms in total. The SMILES string of the molecule is O=C(O)[C@@H]1CN(C(=O)CCc2nc(-c3ccsc3)no2)C[C@@H]1c1ccccc1. The highest BCUT2D eigenvalue weighted by Crippen LogP contribution is 2.33. The second-order valence-electron chi connectivity index (χ2n) is 6.78.